The van der Waals surface area contributed by atoms with E-state index in [0.29, 0.717) is 6.92 Å². The Hall–Kier alpha value is -7.20. The van der Waals surface area contributed by atoms with Gasteiger partial charge in [0.1, 0.15) is 36.6 Å². The zero-order valence-electron chi connectivity index (χ0n) is 31.0. The molecule has 0 spiro atoms. The summed E-state index contributed by atoms with van der Waals surface area (Å²) in [6.45, 7) is -0.686. The van der Waals surface area contributed by atoms with E-state index in [2.05, 4.69) is 53.3 Å². The molecule has 0 saturated carbocycles. The van der Waals surface area contributed by atoms with E-state index in [0.717, 1.165) is 6.92 Å². The lowest BCUT2D eigenvalue weighted by Crippen LogP contribution is -2.77. The number of hydrogen-bond donors (Lipinski definition) is 7. The second-order valence-electron chi connectivity index (χ2n) is 11.0. The van der Waals surface area contributed by atoms with E-state index in [1.54, 1.807) is 0 Å². The molecular weight excluding hydrogens is 872 g/mol. The number of ether oxygens (including phenoxy) is 5. The van der Waals surface area contributed by atoms with Crippen LogP contribution in [0.5, 0.6) is 0 Å². The van der Waals surface area contributed by atoms with Crippen LogP contribution in [0, 0.1) is 0 Å². The fourth-order valence-corrected chi connectivity index (χ4v) is 3.74. The van der Waals surface area contributed by atoms with Gasteiger partial charge in [-0.05, 0) is 13.8 Å². The number of hydrogen-bond acceptors (Lipinski definition) is 32. The average Bonchev–Trinajstić information content (AvgIpc) is 3.23. The Kier molecular flexibility index (Phi) is 21.1. The summed E-state index contributed by atoms with van der Waals surface area (Å²) < 4.78 is 23.3. The van der Waals surface area contributed by atoms with Gasteiger partial charge < -0.3 is 59.4 Å². The molecule has 344 valence electrons. The van der Waals surface area contributed by atoms with Gasteiger partial charge in [-0.15, -0.1) is 0 Å². The molecule has 1 aliphatic heterocycles. The van der Waals surface area contributed by atoms with Crippen LogP contribution in [0.1, 0.15) is 26.7 Å². The molecule has 0 bridgehead atoms. The Balaban J connectivity index is 3.50. The largest absolute Gasteiger partial charge is 0.445 e. The van der Waals surface area contributed by atoms with Crippen molar-refractivity contribution in [2.75, 3.05) is 6.61 Å². The van der Waals surface area contributed by atoms with Crippen LogP contribution in [0.3, 0.4) is 0 Å². The lowest BCUT2D eigenvalue weighted by molar-refractivity contribution is -0.437. The van der Waals surface area contributed by atoms with Gasteiger partial charge in [0.15, 0.2) is 0 Å². The minimum Gasteiger partial charge on any atom is -0.414 e. The fourth-order valence-electron chi connectivity index (χ4n) is 3.74. The van der Waals surface area contributed by atoms with Gasteiger partial charge in [0.05, 0.1) is 19.4 Å². The van der Waals surface area contributed by atoms with Crippen molar-refractivity contribution in [3.63, 3.8) is 0 Å². The highest BCUT2D eigenvalue weighted by Crippen LogP contribution is 2.41. The molecule has 32 nitrogen and oxygen atoms in total. The summed E-state index contributed by atoms with van der Waals surface area (Å²) >= 11 is 0. The summed E-state index contributed by atoms with van der Waals surface area (Å²) in [6, 6.07) is 0. The lowest BCUT2D eigenvalue weighted by atomic mass is 9.87. The maximum absolute atomic E-state index is 13.6. The van der Waals surface area contributed by atoms with E-state index in [4.69, 9.17) is 9.47 Å². The fraction of sp³-hybridized carbons (Fsp3) is 0.467. The normalized spacial score (nSPS) is 21.8. The first-order valence-electron chi connectivity index (χ1n) is 16.1. The Morgan fingerprint density at radius 2 is 1.10 bits per heavy atom. The van der Waals surface area contributed by atoms with Crippen LogP contribution in [0.25, 0.3) is 0 Å². The summed E-state index contributed by atoms with van der Waals surface area (Å²) in [5, 5.41) is 71.9. The summed E-state index contributed by atoms with van der Waals surface area (Å²) in [6.07, 6.45) is -20.1. The third-order valence-corrected chi connectivity index (χ3v) is 6.53. The first-order chi connectivity index (χ1) is 29.0. The van der Waals surface area contributed by atoms with Gasteiger partial charge in [0.2, 0.25) is 0 Å². The van der Waals surface area contributed by atoms with Gasteiger partial charge in [0, 0.05) is 24.3 Å². The van der Waals surface area contributed by atoms with Crippen molar-refractivity contribution in [1.29, 1.82) is 0 Å². The summed E-state index contributed by atoms with van der Waals surface area (Å²) in [4.78, 5) is 174. The predicted molar refractivity (Wildman–Crippen MR) is 168 cm³/mol. The molecule has 0 aromatic rings. The maximum atomic E-state index is 13.6. The van der Waals surface area contributed by atoms with Crippen LogP contribution in [0.2, 0.25) is 0 Å². The molecule has 1 fully saturated rings. The monoisotopic (exact) mass is 904 g/mol. The number of aliphatic hydroxyl groups excluding tert-OH is 6. The van der Waals surface area contributed by atoms with E-state index in [1.165, 1.54) is 0 Å². The van der Waals surface area contributed by atoms with E-state index in [9.17, 15) is 93.3 Å². The summed E-state index contributed by atoms with van der Waals surface area (Å²) in [5.74, 6) is -27.9. The second-order valence-corrected chi connectivity index (χ2v) is 11.0. The molecule has 0 radical (unpaired) electrons. The van der Waals surface area contributed by atoms with Gasteiger partial charge in [-0.25, -0.2) is 67.7 Å². The van der Waals surface area contributed by atoms with Gasteiger partial charge in [-0.1, -0.05) is 0 Å². The average molecular weight is 905 g/mol. The molecule has 62 heavy (non-hydrogen) atoms. The molecule has 0 aromatic heterocycles. The Labute approximate surface area is 341 Å². The predicted octanol–water partition coefficient (Wildman–Crippen LogP) is -7.74. The van der Waals surface area contributed by atoms with Crippen molar-refractivity contribution in [2.45, 2.75) is 81.2 Å². The smallest absolute Gasteiger partial charge is 0.414 e. The second kappa shape index (κ2) is 24.8. The van der Waals surface area contributed by atoms with Crippen LogP contribution in [0.4, 0.5) is 0 Å². The van der Waals surface area contributed by atoms with Crippen molar-refractivity contribution in [1.82, 2.24) is 0 Å². The van der Waals surface area contributed by atoms with Gasteiger partial charge in [0.25, 0.3) is 5.79 Å². The van der Waals surface area contributed by atoms with Crippen molar-refractivity contribution >= 4 is 72.6 Å². The quantitative estimate of drug-likeness (QED) is 0.0140. The highest BCUT2D eigenvalue weighted by Gasteiger charge is 2.74. The van der Waals surface area contributed by atoms with Crippen molar-refractivity contribution in [3.05, 3.63) is 24.3 Å². The van der Waals surface area contributed by atoms with Crippen molar-refractivity contribution < 1.29 is 156 Å². The standard InChI is InChI=1S/C30H32O32/c1-12(34)24(45)53-27(26(47)61-59-19(40)7-5-17(38)57-50-10-32)52-15(36)3-4-16(37)55-30(56-25(46)13(2)35,29(49)23(44)22(43)21(42)14(9-31)54-29)28(48)62-60-20(41)8-6-18(39)58-51-11-33/h5-8,10-14,21-23,27,31,34-35,42-44,49H,3-4,9H2,1-2H3/b7-5+,8-6+/t12?,13?,14-,21-,22+,23-,27?,29?,30?/m1/s1. The van der Waals surface area contributed by atoms with E-state index in [1.807, 2.05) is 0 Å². The molecule has 1 heterocycles. The molecule has 1 saturated heterocycles. The van der Waals surface area contributed by atoms with E-state index in [-0.39, 0.29) is 37.2 Å². The van der Waals surface area contributed by atoms with Gasteiger partial charge >= 0.3 is 84.7 Å². The third-order valence-electron chi connectivity index (χ3n) is 6.53. The maximum Gasteiger partial charge on any atom is 0.445 e. The molecule has 0 amide bonds. The summed E-state index contributed by atoms with van der Waals surface area (Å²) in [5.41, 5.74) is 0. The van der Waals surface area contributed by atoms with Crippen LogP contribution in [-0.4, -0.2) is 169 Å². The summed E-state index contributed by atoms with van der Waals surface area (Å²) in [7, 11) is 0. The highest BCUT2D eigenvalue weighted by atomic mass is 17.2. The molecule has 0 aromatic carbocycles. The molecular formula is C30H32O32. The van der Waals surface area contributed by atoms with Crippen molar-refractivity contribution in [3.8, 4) is 0 Å². The number of esters is 4. The Bertz CT molecular complexity index is 1750. The van der Waals surface area contributed by atoms with Gasteiger partial charge in [-0.2, -0.15) is 0 Å². The van der Waals surface area contributed by atoms with Crippen LogP contribution in [0.15, 0.2) is 24.3 Å². The first-order valence-corrected chi connectivity index (χ1v) is 16.1. The number of carbonyl (C=O) groups is 12. The topological polar surface area (TPSA) is 466 Å². The van der Waals surface area contributed by atoms with Crippen LogP contribution in [-0.2, 0) is 120 Å². The minimum absolute atomic E-state index is 0.101. The van der Waals surface area contributed by atoms with Crippen LogP contribution >= 0.6 is 0 Å². The first kappa shape index (κ1) is 52.8. The molecule has 9 atom stereocenters. The molecule has 1 rings (SSSR count). The van der Waals surface area contributed by atoms with E-state index >= 15 is 0 Å². The Morgan fingerprint density at radius 3 is 1.56 bits per heavy atom. The van der Waals surface area contributed by atoms with E-state index < -0.39 is 134 Å². The zero-order chi connectivity index (χ0) is 47.4. The van der Waals surface area contributed by atoms with Crippen molar-refractivity contribution in [2.24, 2.45) is 0 Å². The zero-order valence-corrected chi connectivity index (χ0v) is 31.0. The Morgan fingerprint density at radius 1 is 0.629 bits per heavy atom. The lowest BCUT2D eigenvalue weighted by Gasteiger charge is -2.50. The number of carbonyl (C=O) groups excluding carboxylic acids is 12. The highest BCUT2D eigenvalue weighted by molar-refractivity contribution is 5.93. The number of rotatable bonds is 21. The SMILES string of the molecule is CC(O)C(=O)OC(OC(=O)CCC(=O)OC(OC(=O)C(C)O)(C(=O)OOC(=O)/C=C/C(=O)OOC=O)C1(O)O[C@H](CO)[C@@H](O)[C@H](O)[C@H]1O)C(=O)OOC(=O)/C=C/C(=O)OOC=O. The molecule has 32 heteroatoms. The minimum atomic E-state index is -4.52. The molecule has 1 aliphatic rings. The van der Waals surface area contributed by atoms with Gasteiger partial charge in [-0.3, -0.25) is 29.0 Å². The molecule has 0 aliphatic carbocycles. The number of aliphatic hydroxyl groups is 7. The third kappa shape index (κ3) is 15.4. The van der Waals surface area contributed by atoms with Crippen LogP contribution < -0.4 is 0 Å². The molecule has 5 unspecified atom stereocenters. The molecule has 7 N–H and O–H groups in total.